The highest BCUT2D eigenvalue weighted by Gasteiger charge is 2.37. The van der Waals surface area contributed by atoms with Gasteiger partial charge in [-0.2, -0.15) is 0 Å². The Labute approximate surface area is 86.7 Å². The lowest BCUT2D eigenvalue weighted by Crippen LogP contribution is -2.50. The lowest BCUT2D eigenvalue weighted by atomic mass is 9.77. The van der Waals surface area contributed by atoms with E-state index in [0.717, 1.165) is 19.4 Å². The number of hydrogen-bond donors (Lipinski definition) is 0. The second kappa shape index (κ2) is 4.43. The van der Waals surface area contributed by atoms with E-state index in [2.05, 4.69) is 11.8 Å². The molecule has 1 saturated carbocycles. The highest BCUT2D eigenvalue weighted by Crippen LogP contribution is 2.33. The van der Waals surface area contributed by atoms with Crippen molar-refractivity contribution in [3.63, 3.8) is 0 Å². The molecule has 0 aromatic carbocycles. The van der Waals surface area contributed by atoms with Gasteiger partial charge in [0.1, 0.15) is 5.78 Å². The van der Waals surface area contributed by atoms with Gasteiger partial charge < -0.3 is 0 Å². The Hall–Kier alpha value is -0.370. The number of nitrogens with zero attached hydrogens (tertiary/aromatic N) is 1. The van der Waals surface area contributed by atoms with Crippen molar-refractivity contribution in [2.45, 2.75) is 51.5 Å². The summed E-state index contributed by atoms with van der Waals surface area (Å²) in [6.45, 7) is 4.44. The topological polar surface area (TPSA) is 20.3 Å². The van der Waals surface area contributed by atoms with Gasteiger partial charge in [-0.1, -0.05) is 19.8 Å². The number of rotatable bonds is 2. The van der Waals surface area contributed by atoms with Crippen LogP contribution in [0.4, 0.5) is 0 Å². The summed E-state index contributed by atoms with van der Waals surface area (Å²) >= 11 is 0. The van der Waals surface area contributed by atoms with Crippen LogP contribution >= 0.6 is 0 Å². The molecule has 2 heteroatoms. The van der Waals surface area contributed by atoms with E-state index in [-0.39, 0.29) is 0 Å². The van der Waals surface area contributed by atoms with Gasteiger partial charge in [0.2, 0.25) is 0 Å². The van der Waals surface area contributed by atoms with Crippen molar-refractivity contribution in [3.8, 4) is 0 Å². The third-order valence-corrected chi connectivity index (χ3v) is 3.77. The molecule has 1 saturated heterocycles. The number of carbonyl (C=O) groups is 1. The van der Waals surface area contributed by atoms with E-state index in [9.17, 15) is 4.79 Å². The van der Waals surface area contributed by atoms with Gasteiger partial charge in [0.05, 0.1) is 0 Å². The molecule has 2 fully saturated rings. The Kier molecular flexibility index (Phi) is 3.22. The van der Waals surface area contributed by atoms with E-state index in [1.165, 1.54) is 32.2 Å². The molecule has 2 rings (SSSR count). The molecule has 2 atom stereocenters. The third-order valence-electron chi connectivity index (χ3n) is 3.77. The maximum atomic E-state index is 11.8. The van der Waals surface area contributed by atoms with Gasteiger partial charge in [0, 0.05) is 24.9 Å². The van der Waals surface area contributed by atoms with Crippen molar-refractivity contribution < 1.29 is 4.79 Å². The minimum absolute atomic E-state index is 0.393. The van der Waals surface area contributed by atoms with Crippen LogP contribution in [0.15, 0.2) is 0 Å². The van der Waals surface area contributed by atoms with Crippen molar-refractivity contribution in [3.05, 3.63) is 0 Å². The summed E-state index contributed by atoms with van der Waals surface area (Å²) in [5, 5.41) is 0. The summed E-state index contributed by atoms with van der Waals surface area (Å²) < 4.78 is 0. The lowest BCUT2D eigenvalue weighted by molar-refractivity contribution is -0.130. The molecule has 2 unspecified atom stereocenters. The fourth-order valence-electron chi connectivity index (χ4n) is 3.09. The van der Waals surface area contributed by atoms with E-state index >= 15 is 0 Å². The Balaban J connectivity index is 2.04. The molecule has 0 aromatic rings. The monoisotopic (exact) mass is 195 g/mol. The molecule has 0 radical (unpaired) electrons. The van der Waals surface area contributed by atoms with Gasteiger partial charge >= 0.3 is 0 Å². The zero-order valence-corrected chi connectivity index (χ0v) is 9.17. The van der Waals surface area contributed by atoms with Crippen molar-refractivity contribution in [2.24, 2.45) is 5.92 Å². The molecule has 0 bridgehead atoms. The molecule has 1 aliphatic carbocycles. The van der Waals surface area contributed by atoms with E-state index in [1.54, 1.807) is 0 Å². The summed E-state index contributed by atoms with van der Waals surface area (Å²) in [5.41, 5.74) is 0. The summed E-state index contributed by atoms with van der Waals surface area (Å²) in [6, 6.07) is 0.602. The van der Waals surface area contributed by atoms with Crippen molar-refractivity contribution in [1.82, 2.24) is 4.90 Å². The van der Waals surface area contributed by atoms with Gasteiger partial charge in [-0.25, -0.2) is 0 Å². The number of piperidine rings is 1. The van der Waals surface area contributed by atoms with Crippen LogP contribution in [0, 0.1) is 5.92 Å². The quantitative estimate of drug-likeness (QED) is 0.673. The zero-order chi connectivity index (χ0) is 9.97. The van der Waals surface area contributed by atoms with Crippen molar-refractivity contribution in [2.75, 3.05) is 13.1 Å². The molecule has 80 valence electrons. The number of likely N-dealkylation sites (tertiary alicyclic amines) is 1. The normalized spacial score (nSPS) is 34.2. The minimum atomic E-state index is 0.393. The number of fused-ring (bicyclic) bond motifs is 1. The first-order valence-electron chi connectivity index (χ1n) is 6.09. The van der Waals surface area contributed by atoms with Gasteiger partial charge in [-0.3, -0.25) is 9.69 Å². The van der Waals surface area contributed by atoms with Crippen LogP contribution in [0.3, 0.4) is 0 Å². The first-order chi connectivity index (χ1) is 6.83. The first kappa shape index (κ1) is 10.2. The Morgan fingerprint density at radius 1 is 1.36 bits per heavy atom. The molecular formula is C12H21NO. The smallest absolute Gasteiger partial charge is 0.138 e. The summed E-state index contributed by atoms with van der Waals surface area (Å²) in [5.74, 6) is 0.936. The molecule has 1 heterocycles. The molecule has 2 aliphatic rings. The number of carbonyl (C=O) groups excluding carboxylic acids is 1. The summed E-state index contributed by atoms with van der Waals surface area (Å²) in [4.78, 5) is 14.3. The molecule has 2 nitrogen and oxygen atoms in total. The van der Waals surface area contributed by atoms with Crippen LogP contribution in [0.2, 0.25) is 0 Å². The van der Waals surface area contributed by atoms with E-state index in [1.807, 2.05) is 0 Å². The maximum absolute atomic E-state index is 11.8. The van der Waals surface area contributed by atoms with Gasteiger partial charge in [-0.15, -0.1) is 0 Å². The molecule has 0 spiro atoms. The average molecular weight is 195 g/mol. The van der Waals surface area contributed by atoms with E-state index in [0.29, 0.717) is 17.7 Å². The van der Waals surface area contributed by atoms with E-state index < -0.39 is 0 Å². The largest absolute Gasteiger partial charge is 0.299 e. The molecule has 1 aliphatic heterocycles. The molecule has 0 aromatic heterocycles. The van der Waals surface area contributed by atoms with Crippen LogP contribution in [0.1, 0.15) is 45.4 Å². The Bertz CT molecular complexity index is 214. The summed E-state index contributed by atoms with van der Waals surface area (Å²) in [7, 11) is 0. The maximum Gasteiger partial charge on any atom is 0.138 e. The second-order valence-corrected chi connectivity index (χ2v) is 4.71. The number of Topliss-reactive ketones (excluding diaryl/α,β-unsaturated/α-hetero) is 1. The molecular weight excluding hydrogens is 174 g/mol. The summed E-state index contributed by atoms with van der Waals surface area (Å²) in [6.07, 6.45) is 7.04. The number of hydrogen-bond acceptors (Lipinski definition) is 2. The highest BCUT2D eigenvalue weighted by molar-refractivity contribution is 5.82. The number of ketones is 1. The van der Waals surface area contributed by atoms with Crippen LogP contribution in [-0.2, 0) is 4.79 Å². The fourth-order valence-corrected chi connectivity index (χ4v) is 3.09. The van der Waals surface area contributed by atoms with E-state index in [4.69, 9.17) is 0 Å². The fraction of sp³-hybridized carbons (Fsp3) is 0.917. The zero-order valence-electron chi connectivity index (χ0n) is 9.17. The predicted molar refractivity (Wildman–Crippen MR) is 57.2 cm³/mol. The molecule has 0 amide bonds. The third kappa shape index (κ3) is 1.85. The Morgan fingerprint density at radius 2 is 2.14 bits per heavy atom. The van der Waals surface area contributed by atoms with Crippen LogP contribution in [0.5, 0.6) is 0 Å². The van der Waals surface area contributed by atoms with Gasteiger partial charge in [0.15, 0.2) is 0 Å². The average Bonchev–Trinajstić information content (AvgIpc) is 2.23. The molecule has 0 N–H and O–H groups in total. The lowest BCUT2D eigenvalue weighted by Gasteiger charge is -2.43. The molecule has 14 heavy (non-hydrogen) atoms. The first-order valence-corrected chi connectivity index (χ1v) is 6.09. The van der Waals surface area contributed by atoms with Gasteiger partial charge in [-0.05, 0) is 25.8 Å². The highest BCUT2D eigenvalue weighted by atomic mass is 16.1. The standard InChI is InChI=1S/C12H21NO/c1-2-8-13-9-7-12(14)10-5-3-4-6-11(10)13/h10-11H,2-9H2,1H3. The van der Waals surface area contributed by atoms with Crippen molar-refractivity contribution in [1.29, 1.82) is 0 Å². The predicted octanol–water partition coefficient (Wildman–Crippen LogP) is 2.23. The Morgan fingerprint density at radius 3 is 2.93 bits per heavy atom. The van der Waals surface area contributed by atoms with Crippen LogP contribution < -0.4 is 0 Å². The van der Waals surface area contributed by atoms with Gasteiger partial charge in [0.25, 0.3) is 0 Å². The van der Waals surface area contributed by atoms with Crippen LogP contribution in [0.25, 0.3) is 0 Å². The minimum Gasteiger partial charge on any atom is -0.299 e. The van der Waals surface area contributed by atoms with Crippen molar-refractivity contribution >= 4 is 5.78 Å². The second-order valence-electron chi connectivity index (χ2n) is 4.71. The van der Waals surface area contributed by atoms with Crippen LogP contribution in [-0.4, -0.2) is 29.8 Å². The SMILES string of the molecule is CCCN1CCC(=O)C2CCCCC21.